The quantitative estimate of drug-likeness (QED) is 0.218. The Morgan fingerprint density at radius 3 is 3.00 bits per heavy atom. The zero-order valence-corrected chi connectivity index (χ0v) is 13.4. The SMILES string of the molecule is CCCCC[C@H](CN(O)C=O)C(=O)NNc1ncnc2[nH]cnc12. The molecule has 2 aromatic heterocycles. The van der Waals surface area contributed by atoms with E-state index in [0.29, 0.717) is 28.5 Å². The van der Waals surface area contributed by atoms with E-state index in [1.165, 1.54) is 12.7 Å². The first kappa shape index (κ1) is 17.6. The fourth-order valence-electron chi connectivity index (χ4n) is 2.29. The van der Waals surface area contributed by atoms with Gasteiger partial charge in [0.25, 0.3) is 0 Å². The number of amides is 2. The van der Waals surface area contributed by atoms with Gasteiger partial charge in [-0.3, -0.25) is 25.6 Å². The van der Waals surface area contributed by atoms with E-state index < -0.39 is 5.92 Å². The number of imidazole rings is 1. The number of aromatic amines is 1. The van der Waals surface area contributed by atoms with Crippen LogP contribution >= 0.6 is 0 Å². The number of hydroxylamine groups is 2. The van der Waals surface area contributed by atoms with Crippen LogP contribution in [0, 0.1) is 5.92 Å². The summed E-state index contributed by atoms with van der Waals surface area (Å²) in [6.45, 7) is 1.99. The van der Waals surface area contributed by atoms with Crippen LogP contribution in [0.25, 0.3) is 11.2 Å². The molecule has 1 atom stereocenters. The summed E-state index contributed by atoms with van der Waals surface area (Å²) in [7, 11) is 0. The van der Waals surface area contributed by atoms with Crippen molar-refractivity contribution in [2.45, 2.75) is 32.6 Å². The molecule has 10 heteroatoms. The predicted molar refractivity (Wildman–Crippen MR) is 85.6 cm³/mol. The molecule has 0 aliphatic heterocycles. The van der Waals surface area contributed by atoms with E-state index in [1.54, 1.807) is 0 Å². The van der Waals surface area contributed by atoms with Crippen LogP contribution in [0.15, 0.2) is 12.7 Å². The van der Waals surface area contributed by atoms with Gasteiger partial charge in [0, 0.05) is 0 Å². The molecule has 0 aliphatic carbocycles. The number of carbonyl (C=O) groups excluding carboxylic acids is 2. The highest BCUT2D eigenvalue weighted by molar-refractivity contribution is 5.85. The van der Waals surface area contributed by atoms with Crippen molar-refractivity contribution in [3.63, 3.8) is 0 Å². The minimum Gasteiger partial charge on any atom is -0.329 e. The summed E-state index contributed by atoms with van der Waals surface area (Å²) in [5.74, 6) is -0.511. The minimum absolute atomic E-state index is 0.0671. The number of fused-ring (bicyclic) bond motifs is 1. The number of carbonyl (C=O) groups is 2. The molecule has 2 aromatic rings. The molecule has 4 N–H and O–H groups in total. The number of hydrogen-bond donors (Lipinski definition) is 4. The van der Waals surface area contributed by atoms with Crippen molar-refractivity contribution in [2.24, 2.45) is 5.92 Å². The van der Waals surface area contributed by atoms with Gasteiger partial charge in [-0.05, 0) is 6.42 Å². The van der Waals surface area contributed by atoms with Crippen LogP contribution in [0.3, 0.4) is 0 Å². The average Bonchev–Trinajstić information content (AvgIpc) is 3.08. The maximum atomic E-state index is 12.3. The number of hydrogen-bond acceptors (Lipinski definition) is 7. The molecule has 0 bridgehead atoms. The van der Waals surface area contributed by atoms with Gasteiger partial charge in [0.15, 0.2) is 17.0 Å². The maximum absolute atomic E-state index is 12.3. The van der Waals surface area contributed by atoms with E-state index in [0.717, 1.165) is 19.3 Å². The number of anilines is 1. The molecule has 24 heavy (non-hydrogen) atoms. The maximum Gasteiger partial charge on any atom is 0.243 e. The van der Waals surface area contributed by atoms with Gasteiger partial charge < -0.3 is 4.98 Å². The van der Waals surface area contributed by atoms with Crippen molar-refractivity contribution < 1.29 is 14.8 Å². The summed E-state index contributed by atoms with van der Waals surface area (Å²) in [5, 5.41) is 9.84. The third-order valence-electron chi connectivity index (χ3n) is 3.58. The molecule has 0 saturated carbocycles. The third kappa shape index (κ3) is 4.62. The van der Waals surface area contributed by atoms with Crippen LogP contribution in [0.4, 0.5) is 5.82 Å². The largest absolute Gasteiger partial charge is 0.329 e. The van der Waals surface area contributed by atoms with Gasteiger partial charge in [0.2, 0.25) is 12.3 Å². The zero-order valence-electron chi connectivity index (χ0n) is 13.4. The smallest absolute Gasteiger partial charge is 0.243 e. The third-order valence-corrected chi connectivity index (χ3v) is 3.58. The second-order valence-electron chi connectivity index (χ2n) is 5.36. The van der Waals surface area contributed by atoms with Gasteiger partial charge in [-0.15, -0.1) is 0 Å². The highest BCUT2D eigenvalue weighted by Crippen LogP contribution is 2.14. The van der Waals surface area contributed by atoms with E-state index in [9.17, 15) is 14.8 Å². The first-order valence-electron chi connectivity index (χ1n) is 7.76. The van der Waals surface area contributed by atoms with Crippen molar-refractivity contribution >= 4 is 29.3 Å². The highest BCUT2D eigenvalue weighted by Gasteiger charge is 2.21. The van der Waals surface area contributed by atoms with E-state index in [2.05, 4.69) is 37.7 Å². The molecule has 2 amide bonds. The molecule has 2 heterocycles. The molecule has 2 rings (SSSR count). The Labute approximate surface area is 138 Å². The Hall–Kier alpha value is -2.75. The number of H-pyrrole nitrogens is 1. The van der Waals surface area contributed by atoms with Crippen molar-refractivity contribution in [3.8, 4) is 0 Å². The van der Waals surface area contributed by atoms with Crippen molar-refractivity contribution in [1.82, 2.24) is 30.4 Å². The number of nitrogens with one attached hydrogen (secondary N) is 3. The van der Waals surface area contributed by atoms with Crippen LogP contribution in [0.5, 0.6) is 0 Å². The molecular weight excluding hydrogens is 314 g/mol. The van der Waals surface area contributed by atoms with Crippen LogP contribution < -0.4 is 10.9 Å². The summed E-state index contributed by atoms with van der Waals surface area (Å²) >= 11 is 0. The van der Waals surface area contributed by atoms with Crippen molar-refractivity contribution in [3.05, 3.63) is 12.7 Å². The van der Waals surface area contributed by atoms with Crippen LogP contribution in [-0.2, 0) is 9.59 Å². The van der Waals surface area contributed by atoms with Gasteiger partial charge >= 0.3 is 0 Å². The Balaban J connectivity index is 1.98. The number of unbranched alkanes of at least 4 members (excludes halogenated alkanes) is 2. The second kappa shape index (κ2) is 8.77. The molecule has 10 nitrogen and oxygen atoms in total. The summed E-state index contributed by atoms with van der Waals surface area (Å²) in [6.07, 6.45) is 6.49. The van der Waals surface area contributed by atoms with E-state index >= 15 is 0 Å². The highest BCUT2D eigenvalue weighted by atomic mass is 16.5. The van der Waals surface area contributed by atoms with Gasteiger partial charge in [-0.25, -0.2) is 20.0 Å². The van der Waals surface area contributed by atoms with Crippen LogP contribution in [0.1, 0.15) is 32.6 Å². The summed E-state index contributed by atoms with van der Waals surface area (Å²) in [4.78, 5) is 37.9. The summed E-state index contributed by atoms with van der Waals surface area (Å²) < 4.78 is 0. The first-order chi connectivity index (χ1) is 11.7. The number of nitrogens with zero attached hydrogens (tertiary/aromatic N) is 4. The number of aromatic nitrogens is 4. The Morgan fingerprint density at radius 1 is 1.42 bits per heavy atom. The number of rotatable bonds is 10. The molecule has 0 unspecified atom stereocenters. The topological polar surface area (TPSA) is 136 Å². The molecular formula is C14H21N7O3. The second-order valence-corrected chi connectivity index (χ2v) is 5.36. The van der Waals surface area contributed by atoms with Crippen LogP contribution in [-0.4, -0.2) is 49.1 Å². The number of hydrazine groups is 1. The lowest BCUT2D eigenvalue weighted by Gasteiger charge is -2.19. The fourth-order valence-corrected chi connectivity index (χ4v) is 2.29. The standard InChI is InChI=1S/C14H21N7O3/c1-2-3-4-5-10(6-21(24)9-22)14(23)20-19-13-11-12(16-7-15-11)17-8-18-13/h7-10,24H,2-6H2,1H3,(H,20,23)(H2,15,16,17,18,19)/t10-/m1/s1. The average molecular weight is 335 g/mol. The summed E-state index contributed by atoms with van der Waals surface area (Å²) in [5.41, 5.74) is 6.31. The molecule has 0 radical (unpaired) electrons. The monoisotopic (exact) mass is 335 g/mol. The molecule has 0 aliphatic rings. The first-order valence-corrected chi connectivity index (χ1v) is 7.76. The van der Waals surface area contributed by atoms with Crippen molar-refractivity contribution in [2.75, 3.05) is 12.0 Å². The Kier molecular flexibility index (Phi) is 6.43. The zero-order chi connectivity index (χ0) is 17.4. The molecule has 0 spiro atoms. The molecule has 0 fully saturated rings. The van der Waals surface area contributed by atoms with Gasteiger partial charge in [0.1, 0.15) is 6.33 Å². The lowest BCUT2D eigenvalue weighted by Crippen LogP contribution is -2.40. The van der Waals surface area contributed by atoms with E-state index in [1.807, 2.05) is 0 Å². The molecule has 0 saturated heterocycles. The van der Waals surface area contributed by atoms with Gasteiger partial charge in [-0.1, -0.05) is 26.2 Å². The molecule has 0 aromatic carbocycles. The Morgan fingerprint density at radius 2 is 2.25 bits per heavy atom. The lowest BCUT2D eigenvalue weighted by molar-refractivity contribution is -0.154. The molecule has 130 valence electrons. The van der Waals surface area contributed by atoms with Gasteiger partial charge in [-0.2, -0.15) is 0 Å². The summed E-state index contributed by atoms with van der Waals surface area (Å²) in [6, 6.07) is 0. The Bertz CT molecular complexity index is 675. The normalized spacial score (nSPS) is 11.9. The fraction of sp³-hybridized carbons (Fsp3) is 0.500. The predicted octanol–water partition coefficient (Wildman–Crippen LogP) is 0.840. The van der Waals surface area contributed by atoms with E-state index in [-0.39, 0.29) is 18.9 Å². The minimum atomic E-state index is -0.532. The van der Waals surface area contributed by atoms with Gasteiger partial charge in [0.05, 0.1) is 18.8 Å². The lowest BCUT2D eigenvalue weighted by atomic mass is 10.0. The van der Waals surface area contributed by atoms with Crippen molar-refractivity contribution in [1.29, 1.82) is 0 Å². The van der Waals surface area contributed by atoms with Crippen LogP contribution in [0.2, 0.25) is 0 Å². The van der Waals surface area contributed by atoms with E-state index in [4.69, 9.17) is 0 Å².